The molecule has 1 atom stereocenters. The zero-order valence-electron chi connectivity index (χ0n) is 9.97. The molecule has 0 aromatic carbocycles. The quantitative estimate of drug-likeness (QED) is 0.761. The van der Waals surface area contributed by atoms with E-state index in [9.17, 15) is 4.79 Å². The fraction of sp³-hybridized carbons (Fsp3) is 0.778. The van der Waals surface area contributed by atoms with Crippen molar-refractivity contribution in [3.63, 3.8) is 0 Å². The number of hydrogen-bond donors (Lipinski definition) is 1. The molecule has 1 heterocycles. The van der Waals surface area contributed by atoms with E-state index in [1.807, 2.05) is 6.92 Å². The zero-order valence-corrected chi connectivity index (χ0v) is 10.8. The van der Waals surface area contributed by atoms with Crippen LogP contribution in [0.3, 0.4) is 0 Å². The first-order valence-electron chi connectivity index (χ1n) is 5.15. The highest BCUT2D eigenvalue weighted by Gasteiger charge is 2.12. The van der Waals surface area contributed by atoms with Gasteiger partial charge in [-0.05, 0) is 23.3 Å². The predicted octanol–water partition coefficient (Wildman–Crippen LogP) is 0.463. The van der Waals surface area contributed by atoms with Crippen molar-refractivity contribution < 1.29 is 4.79 Å². The number of rotatable bonds is 5. The monoisotopic (exact) mass is 243 g/mol. The summed E-state index contributed by atoms with van der Waals surface area (Å²) < 4.78 is 1.55. The fourth-order valence-electron chi connectivity index (χ4n) is 0.936. The van der Waals surface area contributed by atoms with Crippen LogP contribution in [0.1, 0.15) is 20.8 Å². The van der Waals surface area contributed by atoms with E-state index in [0.29, 0.717) is 16.8 Å². The van der Waals surface area contributed by atoms with Gasteiger partial charge >= 0.3 is 0 Å². The topological polar surface area (TPSA) is 72.7 Å². The summed E-state index contributed by atoms with van der Waals surface area (Å²) >= 11 is 1.33. The van der Waals surface area contributed by atoms with Crippen LogP contribution in [0.4, 0.5) is 0 Å². The number of carbonyl (C=O) groups is 1. The summed E-state index contributed by atoms with van der Waals surface area (Å²) in [6, 6.07) is 0.186. The van der Waals surface area contributed by atoms with Gasteiger partial charge in [0.2, 0.25) is 11.1 Å². The zero-order chi connectivity index (χ0) is 12.1. The summed E-state index contributed by atoms with van der Waals surface area (Å²) in [5.74, 6) is 0.783. The van der Waals surface area contributed by atoms with Gasteiger partial charge in [-0.1, -0.05) is 25.6 Å². The third-order valence-corrected chi connectivity index (χ3v) is 3.31. The van der Waals surface area contributed by atoms with Gasteiger partial charge < -0.3 is 5.32 Å². The minimum atomic E-state index is 0.00852. The fourth-order valence-corrected chi connectivity index (χ4v) is 1.60. The Morgan fingerprint density at radius 2 is 2.19 bits per heavy atom. The van der Waals surface area contributed by atoms with Gasteiger partial charge in [0.05, 0.1) is 5.75 Å². The van der Waals surface area contributed by atoms with Crippen LogP contribution >= 0.6 is 11.8 Å². The Kier molecular flexibility index (Phi) is 4.72. The van der Waals surface area contributed by atoms with Crippen molar-refractivity contribution in [3.8, 4) is 0 Å². The molecular weight excluding hydrogens is 226 g/mol. The first-order chi connectivity index (χ1) is 7.50. The minimum absolute atomic E-state index is 0.00852. The van der Waals surface area contributed by atoms with E-state index in [1.54, 1.807) is 11.7 Å². The molecule has 0 aliphatic heterocycles. The highest BCUT2D eigenvalue weighted by atomic mass is 32.2. The van der Waals surface area contributed by atoms with Crippen LogP contribution in [0.2, 0.25) is 0 Å². The molecule has 7 heteroatoms. The summed E-state index contributed by atoms with van der Waals surface area (Å²) in [6.45, 7) is 6.15. The highest BCUT2D eigenvalue weighted by Crippen LogP contribution is 2.11. The molecule has 1 amide bonds. The molecule has 1 N–H and O–H groups in total. The molecule has 6 nitrogen and oxygen atoms in total. The Bertz CT molecular complexity index is 351. The summed E-state index contributed by atoms with van der Waals surface area (Å²) in [6.07, 6.45) is 0. The van der Waals surface area contributed by atoms with Crippen LogP contribution in [0.25, 0.3) is 0 Å². The highest BCUT2D eigenvalue weighted by molar-refractivity contribution is 7.99. The number of carbonyl (C=O) groups excluding carboxylic acids is 1. The smallest absolute Gasteiger partial charge is 0.230 e. The average Bonchev–Trinajstić information content (AvgIpc) is 2.61. The minimum Gasteiger partial charge on any atom is -0.353 e. The average molecular weight is 243 g/mol. The second kappa shape index (κ2) is 5.83. The maximum Gasteiger partial charge on any atom is 0.230 e. The number of nitrogens with one attached hydrogen (secondary N) is 1. The molecule has 1 aromatic heterocycles. The largest absolute Gasteiger partial charge is 0.353 e. The van der Waals surface area contributed by atoms with Crippen LogP contribution in [0, 0.1) is 5.92 Å². The first kappa shape index (κ1) is 13.0. The van der Waals surface area contributed by atoms with Gasteiger partial charge in [-0.15, -0.1) is 5.10 Å². The molecule has 0 spiro atoms. The molecule has 1 rings (SSSR count). The summed E-state index contributed by atoms with van der Waals surface area (Å²) in [5.41, 5.74) is 0. The van der Waals surface area contributed by atoms with Gasteiger partial charge in [-0.25, -0.2) is 4.68 Å². The van der Waals surface area contributed by atoms with Gasteiger partial charge in [0.15, 0.2) is 0 Å². The normalized spacial score (nSPS) is 12.8. The van der Waals surface area contributed by atoms with E-state index in [1.165, 1.54) is 11.8 Å². The van der Waals surface area contributed by atoms with Crippen molar-refractivity contribution in [3.05, 3.63) is 0 Å². The van der Waals surface area contributed by atoms with E-state index in [0.717, 1.165) is 0 Å². The standard InChI is InChI=1S/C9H17N5OS/c1-6(2)7(3)10-8(15)5-16-9-11-12-13-14(9)4/h6-7H,5H2,1-4H3,(H,10,15). The van der Waals surface area contributed by atoms with Gasteiger partial charge in [0, 0.05) is 13.1 Å². The van der Waals surface area contributed by atoms with Crippen molar-refractivity contribution in [2.45, 2.75) is 32.0 Å². The molecule has 0 fully saturated rings. The molecule has 16 heavy (non-hydrogen) atoms. The lowest BCUT2D eigenvalue weighted by atomic mass is 10.1. The first-order valence-corrected chi connectivity index (χ1v) is 6.13. The maximum absolute atomic E-state index is 11.6. The number of hydrogen-bond acceptors (Lipinski definition) is 5. The predicted molar refractivity (Wildman–Crippen MR) is 62.0 cm³/mol. The van der Waals surface area contributed by atoms with E-state index in [-0.39, 0.29) is 11.9 Å². The van der Waals surface area contributed by atoms with Gasteiger partial charge in [0.25, 0.3) is 0 Å². The van der Waals surface area contributed by atoms with Crippen molar-refractivity contribution in [1.82, 2.24) is 25.5 Å². The second-order valence-electron chi connectivity index (χ2n) is 3.97. The van der Waals surface area contributed by atoms with Crippen molar-refractivity contribution >= 4 is 17.7 Å². The van der Waals surface area contributed by atoms with Crippen LogP contribution in [-0.2, 0) is 11.8 Å². The third-order valence-electron chi connectivity index (χ3n) is 2.30. The molecule has 0 aliphatic carbocycles. The molecule has 0 radical (unpaired) electrons. The molecule has 0 aliphatic rings. The van der Waals surface area contributed by atoms with Gasteiger partial charge in [0.1, 0.15) is 0 Å². The van der Waals surface area contributed by atoms with E-state index < -0.39 is 0 Å². The van der Waals surface area contributed by atoms with Crippen molar-refractivity contribution in [2.24, 2.45) is 13.0 Å². The number of nitrogens with zero attached hydrogens (tertiary/aromatic N) is 4. The van der Waals surface area contributed by atoms with Crippen molar-refractivity contribution in [1.29, 1.82) is 0 Å². The Labute approximate surface area is 99.2 Å². The summed E-state index contributed by atoms with van der Waals surface area (Å²) in [4.78, 5) is 11.6. The van der Waals surface area contributed by atoms with Gasteiger partial charge in [-0.3, -0.25) is 4.79 Å². The lowest BCUT2D eigenvalue weighted by molar-refractivity contribution is -0.119. The van der Waals surface area contributed by atoms with Crippen LogP contribution in [0.5, 0.6) is 0 Å². The Morgan fingerprint density at radius 3 is 2.69 bits per heavy atom. The Morgan fingerprint density at radius 1 is 1.50 bits per heavy atom. The summed E-state index contributed by atoms with van der Waals surface area (Å²) in [5, 5.41) is 14.5. The lowest BCUT2D eigenvalue weighted by Gasteiger charge is -2.16. The molecule has 1 aromatic rings. The molecule has 1 unspecified atom stereocenters. The van der Waals surface area contributed by atoms with Gasteiger partial charge in [-0.2, -0.15) is 0 Å². The number of tetrazole rings is 1. The second-order valence-corrected chi connectivity index (χ2v) is 4.92. The number of thioether (sulfide) groups is 1. The third kappa shape index (κ3) is 3.80. The van der Waals surface area contributed by atoms with E-state index >= 15 is 0 Å². The number of amides is 1. The van der Waals surface area contributed by atoms with E-state index in [2.05, 4.69) is 34.7 Å². The van der Waals surface area contributed by atoms with Crippen LogP contribution in [0.15, 0.2) is 5.16 Å². The Balaban J connectivity index is 2.33. The maximum atomic E-state index is 11.6. The molecule has 0 bridgehead atoms. The Hall–Kier alpha value is -1.11. The van der Waals surface area contributed by atoms with E-state index in [4.69, 9.17) is 0 Å². The molecular formula is C9H17N5OS. The SMILES string of the molecule is CC(C)C(C)NC(=O)CSc1nnnn1C. The summed E-state index contributed by atoms with van der Waals surface area (Å²) in [7, 11) is 1.75. The van der Waals surface area contributed by atoms with Crippen LogP contribution < -0.4 is 5.32 Å². The van der Waals surface area contributed by atoms with Crippen molar-refractivity contribution in [2.75, 3.05) is 5.75 Å². The molecule has 0 saturated heterocycles. The molecule has 0 saturated carbocycles. The van der Waals surface area contributed by atoms with Crippen LogP contribution in [-0.4, -0.2) is 37.9 Å². The molecule has 90 valence electrons. The lowest BCUT2D eigenvalue weighted by Crippen LogP contribution is -2.37. The number of aromatic nitrogens is 4. The number of aryl methyl sites for hydroxylation is 1.